The summed E-state index contributed by atoms with van der Waals surface area (Å²) in [6, 6.07) is 13.2. The summed E-state index contributed by atoms with van der Waals surface area (Å²) in [5.41, 5.74) is 3.53. The molecule has 2 rings (SSSR count). The molecule has 2 aromatic rings. The van der Waals surface area contributed by atoms with E-state index in [9.17, 15) is 4.39 Å². The van der Waals surface area contributed by atoms with E-state index in [2.05, 4.69) is 28.1 Å². The van der Waals surface area contributed by atoms with Gasteiger partial charge in [0, 0.05) is 5.33 Å². The maximum atomic E-state index is 13.2. The molecule has 0 amide bonds. The summed E-state index contributed by atoms with van der Waals surface area (Å²) in [7, 11) is 1.67. The summed E-state index contributed by atoms with van der Waals surface area (Å²) in [5.74, 6) is 1.20. The third-order valence-electron chi connectivity index (χ3n) is 3.71. The van der Waals surface area contributed by atoms with E-state index in [-0.39, 0.29) is 5.82 Å². The average Bonchev–Trinajstić information content (AvgIpc) is 2.49. The zero-order chi connectivity index (χ0) is 15.2. The van der Waals surface area contributed by atoms with Gasteiger partial charge in [0.25, 0.3) is 0 Å². The Morgan fingerprint density at radius 3 is 2.38 bits per heavy atom. The van der Waals surface area contributed by atoms with Gasteiger partial charge in [0.15, 0.2) is 0 Å². The quantitative estimate of drug-likeness (QED) is 0.670. The van der Waals surface area contributed by atoms with Crippen molar-refractivity contribution < 1.29 is 9.13 Å². The number of hydrogen-bond acceptors (Lipinski definition) is 1. The Bertz CT molecular complexity index is 580. The highest BCUT2D eigenvalue weighted by Gasteiger charge is 2.11. The number of benzene rings is 2. The van der Waals surface area contributed by atoms with Gasteiger partial charge >= 0.3 is 0 Å². The smallest absolute Gasteiger partial charge is 0.123 e. The van der Waals surface area contributed by atoms with Crippen LogP contribution >= 0.6 is 15.9 Å². The molecule has 0 spiro atoms. The van der Waals surface area contributed by atoms with E-state index in [1.54, 1.807) is 19.2 Å². The highest BCUT2D eigenvalue weighted by atomic mass is 79.9. The molecule has 21 heavy (non-hydrogen) atoms. The molecule has 1 nitrogen and oxygen atoms in total. The van der Waals surface area contributed by atoms with Gasteiger partial charge in [0.1, 0.15) is 11.6 Å². The number of rotatable bonds is 6. The van der Waals surface area contributed by atoms with Crippen LogP contribution in [0.5, 0.6) is 5.75 Å². The maximum absolute atomic E-state index is 13.2. The fraction of sp³-hybridized carbons (Fsp3) is 0.333. The summed E-state index contributed by atoms with van der Waals surface area (Å²) < 4.78 is 18.3. The number of hydrogen-bond donors (Lipinski definition) is 0. The van der Waals surface area contributed by atoms with Gasteiger partial charge in [-0.25, -0.2) is 4.39 Å². The molecule has 0 bridgehead atoms. The molecule has 1 atom stereocenters. The molecular formula is C18H20BrFO. The SMILES string of the molecule is COc1ccc(CC(CBr)Cc2ccc(F)cc2C)cc1. The first-order valence-electron chi connectivity index (χ1n) is 7.06. The lowest BCUT2D eigenvalue weighted by atomic mass is 9.92. The third-order valence-corrected chi connectivity index (χ3v) is 4.63. The van der Waals surface area contributed by atoms with Crippen LogP contribution in [0.3, 0.4) is 0 Å². The third kappa shape index (κ3) is 4.57. The Hall–Kier alpha value is -1.35. The molecule has 3 heteroatoms. The summed E-state index contributed by atoms with van der Waals surface area (Å²) in [6.07, 6.45) is 1.94. The van der Waals surface area contributed by atoms with E-state index < -0.39 is 0 Å². The minimum Gasteiger partial charge on any atom is -0.497 e. The monoisotopic (exact) mass is 350 g/mol. The molecule has 0 N–H and O–H groups in total. The van der Waals surface area contributed by atoms with Crippen LogP contribution in [0.4, 0.5) is 4.39 Å². The predicted molar refractivity (Wildman–Crippen MR) is 88.8 cm³/mol. The maximum Gasteiger partial charge on any atom is 0.123 e. The Morgan fingerprint density at radius 2 is 1.81 bits per heavy atom. The zero-order valence-electron chi connectivity index (χ0n) is 12.4. The summed E-state index contributed by atoms with van der Waals surface area (Å²) in [4.78, 5) is 0. The van der Waals surface area contributed by atoms with Gasteiger partial charge in [-0.1, -0.05) is 34.1 Å². The lowest BCUT2D eigenvalue weighted by molar-refractivity contribution is 0.414. The molecule has 1 unspecified atom stereocenters. The molecule has 0 aliphatic carbocycles. The Labute approximate surface area is 134 Å². The summed E-state index contributed by atoms with van der Waals surface area (Å²) in [6.45, 7) is 1.97. The van der Waals surface area contributed by atoms with Gasteiger partial charge < -0.3 is 4.74 Å². The molecular weight excluding hydrogens is 331 g/mol. The standard InChI is InChI=1S/C18H20BrFO/c1-13-9-17(20)6-5-16(13)11-15(12-19)10-14-3-7-18(21-2)8-4-14/h3-9,15H,10-12H2,1-2H3. The van der Waals surface area contributed by atoms with Crippen molar-refractivity contribution in [1.82, 2.24) is 0 Å². The van der Waals surface area contributed by atoms with Gasteiger partial charge in [-0.3, -0.25) is 0 Å². The van der Waals surface area contributed by atoms with Crippen LogP contribution in [0.1, 0.15) is 16.7 Å². The minimum absolute atomic E-state index is 0.165. The molecule has 0 aliphatic rings. The minimum atomic E-state index is -0.165. The van der Waals surface area contributed by atoms with E-state index in [4.69, 9.17) is 4.74 Å². The Morgan fingerprint density at radius 1 is 1.10 bits per heavy atom. The molecule has 0 radical (unpaired) electrons. The van der Waals surface area contributed by atoms with Crippen molar-refractivity contribution in [2.75, 3.05) is 12.4 Å². The largest absolute Gasteiger partial charge is 0.497 e. The number of alkyl halides is 1. The predicted octanol–water partition coefficient (Wildman–Crippen LogP) is 4.94. The lowest BCUT2D eigenvalue weighted by Crippen LogP contribution is -2.11. The first-order valence-corrected chi connectivity index (χ1v) is 8.18. The molecule has 0 saturated carbocycles. The van der Waals surface area contributed by atoms with E-state index >= 15 is 0 Å². The molecule has 2 aromatic carbocycles. The zero-order valence-corrected chi connectivity index (χ0v) is 14.0. The van der Waals surface area contributed by atoms with Crippen LogP contribution in [-0.4, -0.2) is 12.4 Å². The van der Waals surface area contributed by atoms with Crippen molar-refractivity contribution in [3.05, 3.63) is 65.0 Å². The Balaban J connectivity index is 2.05. The van der Waals surface area contributed by atoms with Crippen molar-refractivity contribution in [2.24, 2.45) is 5.92 Å². The normalized spacial score (nSPS) is 12.2. The fourth-order valence-electron chi connectivity index (χ4n) is 2.48. The lowest BCUT2D eigenvalue weighted by Gasteiger charge is -2.16. The van der Waals surface area contributed by atoms with Crippen molar-refractivity contribution in [3.63, 3.8) is 0 Å². The molecule has 0 fully saturated rings. The molecule has 0 heterocycles. The number of halogens is 2. The topological polar surface area (TPSA) is 9.23 Å². The van der Waals surface area contributed by atoms with Crippen LogP contribution in [0.2, 0.25) is 0 Å². The van der Waals surface area contributed by atoms with Crippen LogP contribution in [0, 0.1) is 18.7 Å². The van der Waals surface area contributed by atoms with Crippen LogP contribution in [-0.2, 0) is 12.8 Å². The van der Waals surface area contributed by atoms with E-state index in [0.29, 0.717) is 5.92 Å². The number of methoxy groups -OCH3 is 1. The highest BCUT2D eigenvalue weighted by molar-refractivity contribution is 9.09. The Kier molecular flexibility index (Phi) is 5.80. The summed E-state index contributed by atoms with van der Waals surface area (Å²) in [5, 5.41) is 0.926. The average molecular weight is 351 g/mol. The van der Waals surface area contributed by atoms with Gasteiger partial charge in [-0.05, 0) is 66.6 Å². The summed E-state index contributed by atoms with van der Waals surface area (Å²) >= 11 is 3.60. The second-order valence-electron chi connectivity index (χ2n) is 5.35. The van der Waals surface area contributed by atoms with Crippen molar-refractivity contribution >= 4 is 15.9 Å². The van der Waals surface area contributed by atoms with E-state index in [0.717, 1.165) is 29.5 Å². The molecule has 112 valence electrons. The second-order valence-corrected chi connectivity index (χ2v) is 5.99. The van der Waals surface area contributed by atoms with Crippen molar-refractivity contribution in [2.45, 2.75) is 19.8 Å². The van der Waals surface area contributed by atoms with Gasteiger partial charge in [0.2, 0.25) is 0 Å². The molecule has 0 saturated heterocycles. The highest BCUT2D eigenvalue weighted by Crippen LogP contribution is 2.21. The van der Waals surface area contributed by atoms with Crippen LogP contribution in [0.25, 0.3) is 0 Å². The van der Waals surface area contributed by atoms with Gasteiger partial charge in [0.05, 0.1) is 7.11 Å². The van der Waals surface area contributed by atoms with Gasteiger partial charge in [-0.2, -0.15) is 0 Å². The van der Waals surface area contributed by atoms with E-state index in [1.807, 2.05) is 25.1 Å². The first-order chi connectivity index (χ1) is 10.1. The second kappa shape index (κ2) is 7.60. The number of ether oxygens (including phenoxy) is 1. The van der Waals surface area contributed by atoms with Crippen molar-refractivity contribution in [3.8, 4) is 5.75 Å². The molecule has 0 aliphatic heterocycles. The molecule has 0 aromatic heterocycles. The van der Waals surface area contributed by atoms with Crippen molar-refractivity contribution in [1.29, 1.82) is 0 Å². The van der Waals surface area contributed by atoms with Crippen LogP contribution < -0.4 is 4.74 Å². The van der Waals surface area contributed by atoms with E-state index in [1.165, 1.54) is 11.1 Å². The number of aryl methyl sites for hydroxylation is 1. The van der Waals surface area contributed by atoms with Gasteiger partial charge in [-0.15, -0.1) is 0 Å². The van der Waals surface area contributed by atoms with Crippen LogP contribution in [0.15, 0.2) is 42.5 Å². The first kappa shape index (κ1) is 16.0. The fourth-order valence-corrected chi connectivity index (χ4v) is 2.93.